The highest BCUT2D eigenvalue weighted by Crippen LogP contribution is 2.13. The van der Waals surface area contributed by atoms with Crippen LogP contribution in [0.2, 0.25) is 0 Å². The molecule has 19 heavy (non-hydrogen) atoms. The minimum atomic E-state index is -3.45. The molecule has 2 rings (SSSR count). The summed E-state index contributed by atoms with van der Waals surface area (Å²) in [5.41, 5.74) is 1.98. The van der Waals surface area contributed by atoms with Crippen molar-refractivity contribution in [2.24, 2.45) is 0 Å². The third-order valence-corrected chi connectivity index (χ3v) is 4.76. The smallest absolute Gasteiger partial charge is 0.207 e. The summed E-state index contributed by atoms with van der Waals surface area (Å²) in [6, 6.07) is 16.3. The van der Waals surface area contributed by atoms with Crippen molar-refractivity contribution in [2.75, 3.05) is 0 Å². The molecule has 0 bridgehead atoms. The van der Waals surface area contributed by atoms with Gasteiger partial charge in [-0.3, -0.25) is 0 Å². The van der Waals surface area contributed by atoms with Crippen LogP contribution in [0.5, 0.6) is 0 Å². The molecule has 0 aliphatic carbocycles. The summed E-state index contributed by atoms with van der Waals surface area (Å²) in [6.45, 7) is 0.295. The van der Waals surface area contributed by atoms with Crippen LogP contribution in [0.1, 0.15) is 11.1 Å². The minimum absolute atomic E-state index is 0.285. The first-order valence-corrected chi connectivity index (χ1v) is 8.41. The molecule has 2 aromatic rings. The van der Waals surface area contributed by atoms with Gasteiger partial charge >= 0.3 is 0 Å². The van der Waals surface area contributed by atoms with Crippen molar-refractivity contribution in [3.05, 3.63) is 65.7 Å². The van der Waals surface area contributed by atoms with E-state index in [0.717, 1.165) is 11.1 Å². The summed E-state index contributed by atoms with van der Waals surface area (Å²) in [4.78, 5) is 0.285. The summed E-state index contributed by atoms with van der Waals surface area (Å²) < 4.78 is 26.8. The van der Waals surface area contributed by atoms with Crippen molar-refractivity contribution < 1.29 is 8.42 Å². The fraction of sp³-hybridized carbons (Fsp3) is 0.143. The first-order valence-electron chi connectivity index (χ1n) is 5.80. The summed E-state index contributed by atoms with van der Waals surface area (Å²) in [6.07, 6.45) is 0. The molecule has 0 aromatic heterocycles. The molecule has 0 saturated heterocycles. The molecule has 0 fully saturated rings. The van der Waals surface area contributed by atoms with Crippen molar-refractivity contribution in [1.29, 1.82) is 0 Å². The first kappa shape index (κ1) is 14.2. The van der Waals surface area contributed by atoms with E-state index in [2.05, 4.69) is 20.7 Å². The van der Waals surface area contributed by atoms with Gasteiger partial charge in [0.2, 0.25) is 10.0 Å². The van der Waals surface area contributed by atoms with Gasteiger partial charge in [0, 0.05) is 11.9 Å². The Labute approximate surface area is 121 Å². The molecule has 0 unspecified atom stereocenters. The molecule has 2 aromatic carbocycles. The second kappa shape index (κ2) is 6.32. The molecule has 0 amide bonds. The van der Waals surface area contributed by atoms with Gasteiger partial charge in [0.05, 0.1) is 4.90 Å². The van der Waals surface area contributed by atoms with E-state index >= 15 is 0 Å². The van der Waals surface area contributed by atoms with Crippen LogP contribution in [-0.2, 0) is 21.9 Å². The third kappa shape index (κ3) is 3.89. The lowest BCUT2D eigenvalue weighted by atomic mass is 10.2. The number of sulfonamides is 1. The SMILES string of the molecule is O=S(=O)(NCc1ccccc1)c1ccc(CBr)cc1. The molecule has 0 heterocycles. The van der Waals surface area contributed by atoms with E-state index in [4.69, 9.17) is 0 Å². The van der Waals surface area contributed by atoms with Crippen LogP contribution < -0.4 is 4.72 Å². The largest absolute Gasteiger partial charge is 0.240 e. The average molecular weight is 340 g/mol. The molecule has 0 spiro atoms. The molecule has 0 aliphatic rings. The summed E-state index contributed by atoms with van der Waals surface area (Å²) in [5.74, 6) is 0. The highest BCUT2D eigenvalue weighted by atomic mass is 79.9. The Morgan fingerprint density at radius 2 is 1.53 bits per heavy atom. The van der Waals surface area contributed by atoms with Crippen LogP contribution in [0, 0.1) is 0 Å². The zero-order valence-corrected chi connectivity index (χ0v) is 12.6. The van der Waals surface area contributed by atoms with Crippen molar-refractivity contribution >= 4 is 26.0 Å². The lowest BCUT2D eigenvalue weighted by Crippen LogP contribution is -2.23. The minimum Gasteiger partial charge on any atom is -0.207 e. The number of alkyl halides is 1. The van der Waals surface area contributed by atoms with Crippen molar-refractivity contribution in [1.82, 2.24) is 4.72 Å². The average Bonchev–Trinajstić information content (AvgIpc) is 2.46. The van der Waals surface area contributed by atoms with Crippen LogP contribution >= 0.6 is 15.9 Å². The second-order valence-corrected chi connectivity index (χ2v) is 6.42. The van der Waals surface area contributed by atoms with Crippen LogP contribution in [-0.4, -0.2) is 8.42 Å². The van der Waals surface area contributed by atoms with Gasteiger partial charge in [-0.05, 0) is 23.3 Å². The fourth-order valence-electron chi connectivity index (χ4n) is 1.62. The van der Waals surface area contributed by atoms with Crippen LogP contribution in [0.4, 0.5) is 0 Å². The van der Waals surface area contributed by atoms with E-state index in [0.29, 0.717) is 11.9 Å². The number of halogens is 1. The molecular weight excluding hydrogens is 326 g/mol. The van der Waals surface area contributed by atoms with Gasteiger partial charge in [-0.25, -0.2) is 13.1 Å². The maximum Gasteiger partial charge on any atom is 0.240 e. The zero-order chi connectivity index (χ0) is 13.7. The van der Waals surface area contributed by atoms with Crippen molar-refractivity contribution in [3.63, 3.8) is 0 Å². The Hall–Kier alpha value is -1.17. The molecule has 0 aliphatic heterocycles. The van der Waals surface area contributed by atoms with Gasteiger partial charge in [0.25, 0.3) is 0 Å². The van der Waals surface area contributed by atoms with Gasteiger partial charge < -0.3 is 0 Å². The summed E-state index contributed by atoms with van der Waals surface area (Å²) >= 11 is 3.33. The Morgan fingerprint density at radius 1 is 0.895 bits per heavy atom. The third-order valence-electron chi connectivity index (χ3n) is 2.70. The molecule has 0 saturated carbocycles. The number of benzene rings is 2. The standard InChI is InChI=1S/C14H14BrNO2S/c15-10-12-6-8-14(9-7-12)19(17,18)16-11-13-4-2-1-3-5-13/h1-9,16H,10-11H2. The molecule has 100 valence electrons. The lowest BCUT2D eigenvalue weighted by molar-refractivity contribution is 0.581. The van der Waals surface area contributed by atoms with Crippen LogP contribution in [0.15, 0.2) is 59.5 Å². The van der Waals surface area contributed by atoms with Crippen molar-refractivity contribution in [3.8, 4) is 0 Å². The van der Waals surface area contributed by atoms with E-state index in [9.17, 15) is 8.42 Å². The Kier molecular flexibility index (Phi) is 4.74. The molecule has 3 nitrogen and oxygen atoms in total. The Balaban J connectivity index is 2.09. The monoisotopic (exact) mass is 339 g/mol. The number of hydrogen-bond acceptors (Lipinski definition) is 2. The van der Waals surface area contributed by atoms with Crippen LogP contribution in [0.3, 0.4) is 0 Å². The second-order valence-electron chi connectivity index (χ2n) is 4.09. The molecule has 1 N–H and O–H groups in total. The van der Waals surface area contributed by atoms with Gasteiger partial charge in [-0.1, -0.05) is 58.4 Å². The lowest BCUT2D eigenvalue weighted by Gasteiger charge is -2.07. The summed E-state index contributed by atoms with van der Waals surface area (Å²) in [5, 5.41) is 0.713. The maximum atomic E-state index is 12.1. The number of rotatable bonds is 5. The number of hydrogen-bond donors (Lipinski definition) is 1. The molecular formula is C14H14BrNO2S. The maximum absolute atomic E-state index is 12.1. The summed E-state index contributed by atoms with van der Waals surface area (Å²) in [7, 11) is -3.45. The predicted molar refractivity (Wildman–Crippen MR) is 79.5 cm³/mol. The fourth-order valence-corrected chi connectivity index (χ4v) is 3.01. The van der Waals surface area contributed by atoms with E-state index in [1.165, 1.54) is 0 Å². The zero-order valence-electron chi connectivity index (χ0n) is 10.2. The topological polar surface area (TPSA) is 46.2 Å². The Bertz CT molecular complexity index is 624. The van der Waals surface area contributed by atoms with Gasteiger partial charge in [0.1, 0.15) is 0 Å². The molecule has 0 radical (unpaired) electrons. The first-order chi connectivity index (χ1) is 9.12. The van der Waals surface area contributed by atoms with E-state index in [1.807, 2.05) is 30.3 Å². The van der Waals surface area contributed by atoms with E-state index in [1.54, 1.807) is 24.3 Å². The van der Waals surface area contributed by atoms with Crippen molar-refractivity contribution in [2.45, 2.75) is 16.8 Å². The molecule has 5 heteroatoms. The van der Waals surface area contributed by atoms with Gasteiger partial charge in [0.15, 0.2) is 0 Å². The van der Waals surface area contributed by atoms with Crippen LogP contribution in [0.25, 0.3) is 0 Å². The quantitative estimate of drug-likeness (QED) is 0.851. The Morgan fingerprint density at radius 3 is 2.11 bits per heavy atom. The van der Waals surface area contributed by atoms with E-state index < -0.39 is 10.0 Å². The van der Waals surface area contributed by atoms with Gasteiger partial charge in [-0.15, -0.1) is 0 Å². The predicted octanol–water partition coefficient (Wildman–Crippen LogP) is 3.06. The highest BCUT2D eigenvalue weighted by Gasteiger charge is 2.13. The van der Waals surface area contributed by atoms with Gasteiger partial charge in [-0.2, -0.15) is 0 Å². The normalized spacial score (nSPS) is 11.4. The highest BCUT2D eigenvalue weighted by molar-refractivity contribution is 9.08. The number of nitrogens with one attached hydrogen (secondary N) is 1. The van der Waals surface area contributed by atoms with E-state index in [-0.39, 0.29) is 4.90 Å². The molecule has 0 atom stereocenters.